The molecule has 3 N–H and O–H groups in total. The fraction of sp³-hybridized carbons (Fsp3) is 0.700. The van der Waals surface area contributed by atoms with E-state index in [4.69, 9.17) is 5.73 Å². The molecule has 2 fully saturated rings. The van der Waals surface area contributed by atoms with Gasteiger partial charge in [0.1, 0.15) is 13.6 Å². The molecule has 1 heterocycles. The molecule has 1 saturated heterocycles. The number of aryl methyl sites for hydroxylation is 1. The van der Waals surface area contributed by atoms with Crippen LogP contribution in [0.4, 0.5) is 0 Å². The van der Waals surface area contributed by atoms with Crippen LogP contribution >= 0.6 is 0 Å². The molecule has 0 aromatic heterocycles. The van der Waals surface area contributed by atoms with E-state index in [0.717, 1.165) is 61.8 Å². The van der Waals surface area contributed by atoms with Crippen LogP contribution in [-0.2, 0) is 12.8 Å². The fourth-order valence-corrected chi connectivity index (χ4v) is 4.04. The topological polar surface area (TPSA) is 49.5 Å². The van der Waals surface area contributed by atoms with Crippen molar-refractivity contribution in [2.24, 2.45) is 17.6 Å². The zero-order chi connectivity index (χ0) is 17.1. The van der Waals surface area contributed by atoms with E-state index >= 15 is 0 Å². The van der Waals surface area contributed by atoms with Gasteiger partial charge in [-0.05, 0) is 61.1 Å². The van der Waals surface area contributed by atoms with Gasteiger partial charge in [0.2, 0.25) is 0 Å². The van der Waals surface area contributed by atoms with Gasteiger partial charge in [-0.3, -0.25) is 0 Å². The molecule has 2 aliphatic rings. The average Bonchev–Trinajstić information content (AvgIpc) is 3.34. The van der Waals surface area contributed by atoms with Crippen molar-refractivity contribution in [3.63, 3.8) is 0 Å². The minimum Gasteiger partial charge on any atom is -0.507 e. The van der Waals surface area contributed by atoms with Crippen molar-refractivity contribution in [2.45, 2.75) is 57.8 Å². The van der Waals surface area contributed by atoms with Gasteiger partial charge in [0, 0.05) is 25.7 Å². The summed E-state index contributed by atoms with van der Waals surface area (Å²) in [4.78, 5) is 2.50. The van der Waals surface area contributed by atoms with Crippen LogP contribution < -0.4 is 5.73 Å². The van der Waals surface area contributed by atoms with Gasteiger partial charge in [0.05, 0.1) is 0 Å². The van der Waals surface area contributed by atoms with Gasteiger partial charge in [-0.25, -0.2) is 0 Å². The molecule has 0 bridgehead atoms. The lowest BCUT2D eigenvalue weighted by atomic mass is 9.87. The van der Waals surface area contributed by atoms with Crippen LogP contribution in [0.2, 0.25) is 6.32 Å². The van der Waals surface area contributed by atoms with E-state index in [1.54, 1.807) is 0 Å². The molecular formula is C20H33BN2O. The van der Waals surface area contributed by atoms with Crippen molar-refractivity contribution in [1.82, 2.24) is 4.90 Å². The Labute approximate surface area is 148 Å². The predicted molar refractivity (Wildman–Crippen MR) is 103 cm³/mol. The molecular weight excluding hydrogens is 295 g/mol. The maximum Gasteiger partial charge on any atom is 0.121 e. The minimum absolute atomic E-state index is 0.352. The number of hydrogen-bond donors (Lipinski definition) is 2. The van der Waals surface area contributed by atoms with Crippen molar-refractivity contribution in [2.75, 3.05) is 19.6 Å². The lowest BCUT2D eigenvalue weighted by Gasteiger charge is -2.41. The molecule has 1 aromatic carbocycles. The number of nitrogens with two attached hydrogens (primary N) is 1. The van der Waals surface area contributed by atoms with Gasteiger partial charge >= 0.3 is 0 Å². The third-order valence-corrected chi connectivity index (χ3v) is 5.82. The van der Waals surface area contributed by atoms with Gasteiger partial charge in [-0.1, -0.05) is 31.3 Å². The Morgan fingerprint density at radius 2 is 1.96 bits per heavy atom. The number of aromatic hydroxyl groups is 1. The average molecular weight is 328 g/mol. The summed E-state index contributed by atoms with van der Waals surface area (Å²) < 4.78 is 0. The standard InChI is InChI=1S/C20H33BN2O/c1-14-18(6-5-17(8-9-21)20(14)24)10-16-11-23(12-16)13-19(22)7-4-15-2-3-15/h5-6,15-16,19,24H,2-4,7-13,21-22H2,1H3. The first-order chi connectivity index (χ1) is 11.6. The third-order valence-electron chi connectivity index (χ3n) is 5.82. The van der Waals surface area contributed by atoms with Crippen LogP contribution in [0.3, 0.4) is 0 Å². The van der Waals surface area contributed by atoms with E-state index in [9.17, 15) is 5.11 Å². The minimum atomic E-state index is 0.352. The molecule has 1 aliphatic heterocycles. The highest BCUT2D eigenvalue weighted by atomic mass is 16.3. The Bertz CT molecular complexity index is 553. The van der Waals surface area contributed by atoms with E-state index in [1.807, 2.05) is 0 Å². The molecule has 4 heteroatoms. The molecule has 0 spiro atoms. The summed E-state index contributed by atoms with van der Waals surface area (Å²) in [5.74, 6) is 2.23. The zero-order valence-electron chi connectivity index (χ0n) is 15.4. The molecule has 0 amide bonds. The highest BCUT2D eigenvalue weighted by Crippen LogP contribution is 2.34. The van der Waals surface area contributed by atoms with E-state index in [1.165, 1.54) is 31.2 Å². The first-order valence-corrected chi connectivity index (χ1v) is 9.85. The highest BCUT2D eigenvalue weighted by Gasteiger charge is 2.29. The van der Waals surface area contributed by atoms with Gasteiger partial charge < -0.3 is 15.7 Å². The summed E-state index contributed by atoms with van der Waals surface area (Å²) in [7, 11) is 2.15. The second-order valence-electron chi connectivity index (χ2n) is 8.18. The van der Waals surface area contributed by atoms with Gasteiger partial charge in [0.15, 0.2) is 0 Å². The molecule has 3 rings (SSSR count). The molecule has 1 unspecified atom stereocenters. The Kier molecular flexibility index (Phi) is 5.88. The zero-order valence-corrected chi connectivity index (χ0v) is 15.4. The van der Waals surface area contributed by atoms with Crippen molar-refractivity contribution in [1.29, 1.82) is 0 Å². The van der Waals surface area contributed by atoms with Crippen LogP contribution in [0.15, 0.2) is 12.1 Å². The number of hydrogen-bond acceptors (Lipinski definition) is 3. The second kappa shape index (κ2) is 7.92. The van der Waals surface area contributed by atoms with Crippen LogP contribution in [0.1, 0.15) is 42.4 Å². The Morgan fingerprint density at radius 3 is 2.62 bits per heavy atom. The summed E-state index contributed by atoms with van der Waals surface area (Å²) in [5, 5.41) is 10.4. The van der Waals surface area contributed by atoms with Crippen LogP contribution in [0.25, 0.3) is 0 Å². The number of phenols is 1. The van der Waals surface area contributed by atoms with E-state index < -0.39 is 0 Å². The van der Waals surface area contributed by atoms with Crippen molar-refractivity contribution in [3.8, 4) is 5.75 Å². The second-order valence-corrected chi connectivity index (χ2v) is 8.18. The monoisotopic (exact) mass is 328 g/mol. The van der Waals surface area contributed by atoms with Crippen molar-refractivity contribution >= 4 is 7.85 Å². The first-order valence-electron chi connectivity index (χ1n) is 9.85. The summed E-state index contributed by atoms with van der Waals surface area (Å²) in [5.41, 5.74) is 9.76. The van der Waals surface area contributed by atoms with Crippen LogP contribution in [0.5, 0.6) is 5.75 Å². The fourth-order valence-electron chi connectivity index (χ4n) is 4.04. The Balaban J connectivity index is 1.42. The van der Waals surface area contributed by atoms with E-state index in [-0.39, 0.29) is 0 Å². The number of likely N-dealkylation sites (tertiary alicyclic amines) is 1. The summed E-state index contributed by atoms with van der Waals surface area (Å²) in [6.07, 6.45) is 8.51. The lowest BCUT2D eigenvalue weighted by Crippen LogP contribution is -2.52. The summed E-state index contributed by atoms with van der Waals surface area (Å²) >= 11 is 0. The van der Waals surface area contributed by atoms with Crippen LogP contribution in [-0.4, -0.2) is 43.5 Å². The largest absolute Gasteiger partial charge is 0.507 e. The normalized spacial score (nSPS) is 20.1. The number of rotatable bonds is 9. The van der Waals surface area contributed by atoms with E-state index in [0.29, 0.717) is 11.8 Å². The SMILES string of the molecule is BCCc1ccc(CC2CN(CC(N)CCC3CC3)C2)c(C)c1O. The highest BCUT2D eigenvalue weighted by molar-refractivity contribution is 6.08. The quantitative estimate of drug-likeness (QED) is 0.684. The van der Waals surface area contributed by atoms with Gasteiger partial charge in [0.25, 0.3) is 0 Å². The molecule has 0 radical (unpaired) electrons. The maximum absolute atomic E-state index is 10.4. The third kappa shape index (κ3) is 4.55. The maximum atomic E-state index is 10.4. The predicted octanol–water partition coefficient (Wildman–Crippen LogP) is 2.29. The van der Waals surface area contributed by atoms with Crippen molar-refractivity contribution in [3.05, 3.63) is 28.8 Å². The molecule has 3 nitrogen and oxygen atoms in total. The Hall–Kier alpha value is -0.995. The van der Waals surface area contributed by atoms with Crippen molar-refractivity contribution < 1.29 is 5.11 Å². The molecule has 1 aliphatic carbocycles. The molecule has 1 saturated carbocycles. The molecule has 1 atom stereocenters. The smallest absolute Gasteiger partial charge is 0.121 e. The first kappa shape index (κ1) is 17.8. The Morgan fingerprint density at radius 1 is 1.25 bits per heavy atom. The molecule has 24 heavy (non-hydrogen) atoms. The van der Waals surface area contributed by atoms with E-state index in [2.05, 4.69) is 31.8 Å². The number of benzene rings is 1. The summed E-state index contributed by atoms with van der Waals surface area (Å²) in [6, 6.07) is 4.70. The van der Waals surface area contributed by atoms with Gasteiger partial charge in [-0.15, -0.1) is 0 Å². The molecule has 132 valence electrons. The van der Waals surface area contributed by atoms with Gasteiger partial charge in [-0.2, -0.15) is 0 Å². The molecule has 1 aromatic rings. The van der Waals surface area contributed by atoms with Crippen LogP contribution in [0, 0.1) is 18.8 Å². The summed E-state index contributed by atoms with van der Waals surface area (Å²) in [6.45, 7) is 5.44. The lowest BCUT2D eigenvalue weighted by molar-refractivity contribution is 0.0919. The number of nitrogens with zero attached hydrogens (tertiary/aromatic N) is 1. The number of phenolic OH excluding ortho intramolecular Hbond substituents is 1.